The fourth-order valence-corrected chi connectivity index (χ4v) is 16.5. The molecule has 0 aromatic rings. The fourth-order valence-electron chi connectivity index (χ4n) is 16.5. The van der Waals surface area contributed by atoms with Crippen molar-refractivity contribution < 1.29 is 144 Å². The van der Waals surface area contributed by atoms with E-state index in [1.807, 2.05) is 13.8 Å². The molecule has 0 radical (unpaired) electrons. The zero-order chi connectivity index (χ0) is 64.6. The topological polar surface area (TPSA) is 477 Å². The standard InChI is InChI=1S/C59H100O29/c1-22(8-12-35(57(4,5)78)87-55-50(88-54-49(77)43(71)38(66)29(19-62)83-54)45(73)40(68)31(85-55)21-80-52-47(75)42(70)37(65)28(18-61)82-52)23-14-15-58(6)26(23)16-33(63)59(7)25-10-13-34(56(2,3)24(25)9-11-32(58)59)86-53-48(76)44(72)39(67)30(84-53)20-79-51-46(74)41(69)36(64)27(17-60)81-51/h9,22-23,25-55,60-78H,8,10-21H2,1-7H3/t22-,23-,25-,26?,27-,28-,29-,30-,31-,32-,33-,34+,35-,36-,37-,38-,39-,40-,41+,42+,43+,44+,45+,46-,47-,48-,49-,50-,51-,52-,53+,54+,55+,58-,59+/m1/s1. The average molecular weight is 1270 g/mol. The van der Waals surface area contributed by atoms with Crippen molar-refractivity contribution in [3.8, 4) is 0 Å². The van der Waals surface area contributed by atoms with Crippen molar-refractivity contribution in [2.24, 2.45) is 45.8 Å². The van der Waals surface area contributed by atoms with E-state index in [0.717, 1.165) is 18.4 Å². The number of aliphatic hydroxyl groups is 19. The van der Waals surface area contributed by atoms with Crippen LogP contribution in [0.4, 0.5) is 0 Å². The van der Waals surface area contributed by atoms with Crippen LogP contribution in [0.3, 0.4) is 0 Å². The maximum Gasteiger partial charge on any atom is 0.187 e. The van der Waals surface area contributed by atoms with Gasteiger partial charge in [-0.05, 0) is 100 Å². The van der Waals surface area contributed by atoms with Gasteiger partial charge in [0.15, 0.2) is 31.5 Å². The lowest BCUT2D eigenvalue weighted by atomic mass is 9.41. The van der Waals surface area contributed by atoms with Crippen LogP contribution in [0.2, 0.25) is 0 Å². The van der Waals surface area contributed by atoms with Gasteiger partial charge in [-0.15, -0.1) is 0 Å². The minimum absolute atomic E-state index is 0.00513. The van der Waals surface area contributed by atoms with E-state index in [1.165, 1.54) is 13.8 Å². The summed E-state index contributed by atoms with van der Waals surface area (Å²) < 4.78 is 59.2. The number of aliphatic hydroxyl groups excluding tert-OH is 18. The van der Waals surface area contributed by atoms with Crippen LogP contribution >= 0.6 is 0 Å². The predicted molar refractivity (Wildman–Crippen MR) is 296 cm³/mol. The first-order valence-corrected chi connectivity index (χ1v) is 31.2. The van der Waals surface area contributed by atoms with E-state index in [-0.39, 0.29) is 41.4 Å². The Balaban J connectivity index is 0.870. The first-order chi connectivity index (χ1) is 41.3. The van der Waals surface area contributed by atoms with Crippen LogP contribution in [0, 0.1) is 45.8 Å². The van der Waals surface area contributed by atoms with Gasteiger partial charge in [-0.3, -0.25) is 0 Å². The Morgan fingerprint density at radius 3 is 1.48 bits per heavy atom. The molecule has 1 unspecified atom stereocenters. The number of hydrogen-bond donors (Lipinski definition) is 19. The molecule has 8 fully saturated rings. The van der Waals surface area contributed by atoms with Crippen molar-refractivity contribution >= 4 is 0 Å². The molecule has 5 heterocycles. The molecular weight excluding hydrogens is 1170 g/mol. The molecule has 88 heavy (non-hydrogen) atoms. The van der Waals surface area contributed by atoms with Gasteiger partial charge in [-0.1, -0.05) is 46.3 Å². The summed E-state index contributed by atoms with van der Waals surface area (Å²) in [4.78, 5) is 0. The van der Waals surface area contributed by atoms with E-state index in [2.05, 4.69) is 26.8 Å². The van der Waals surface area contributed by atoms with E-state index < -0.39 is 221 Å². The molecule has 0 spiro atoms. The molecule has 35 atom stereocenters. The fraction of sp³-hybridized carbons (Fsp3) is 0.966. The van der Waals surface area contributed by atoms with Crippen LogP contribution in [-0.2, 0) is 47.4 Å². The van der Waals surface area contributed by atoms with Crippen LogP contribution < -0.4 is 0 Å². The third-order valence-corrected chi connectivity index (χ3v) is 22.1. The molecule has 3 saturated carbocycles. The smallest absolute Gasteiger partial charge is 0.187 e. The van der Waals surface area contributed by atoms with Crippen molar-refractivity contribution in [2.75, 3.05) is 33.0 Å². The van der Waals surface area contributed by atoms with Crippen LogP contribution in [0.15, 0.2) is 11.6 Å². The third kappa shape index (κ3) is 13.2. The second-order valence-electron chi connectivity index (χ2n) is 28.1. The van der Waals surface area contributed by atoms with Gasteiger partial charge < -0.3 is 144 Å². The SMILES string of the molecule is C[C@H](CC[C@@H](O[C@@H]1O[C@H](CO[C@@H]2O[C@H](CO)[C@@H](O)[C@H](O)[C@H]2O)[C@@H](O)[C@H](O)[C@H]1O[C@@H]1O[C@H](CO)[C@@H](O)[C@H](O)[C@H]1O)C(C)(C)O)[C@H]1CC[C@]2(C)C1C[C@@H](O)[C@@]1(C)[C@@H]3CC[C@H](O[C@@H]4O[C@H](CO[C@@H]5O[C@H](CO)[C@@H](O)[C@H](O)[C@H]5O)[C@@H](O)[C@H](O)[C@H]4O)C(C)(C)C3=CC[C@@H]12. The maximum absolute atomic E-state index is 12.7. The average Bonchev–Trinajstić information content (AvgIpc) is 1.73. The van der Waals surface area contributed by atoms with E-state index in [9.17, 15) is 97.0 Å². The first-order valence-electron chi connectivity index (χ1n) is 31.2. The molecule has 19 N–H and O–H groups in total. The summed E-state index contributed by atoms with van der Waals surface area (Å²) in [5.41, 5.74) is -1.98. The number of hydrogen-bond acceptors (Lipinski definition) is 29. The van der Waals surface area contributed by atoms with Crippen LogP contribution in [0.25, 0.3) is 0 Å². The highest BCUT2D eigenvalue weighted by Crippen LogP contribution is 2.71. The molecule has 9 rings (SSSR count). The third-order valence-electron chi connectivity index (χ3n) is 22.1. The Labute approximate surface area is 510 Å². The monoisotopic (exact) mass is 1270 g/mol. The van der Waals surface area contributed by atoms with Crippen molar-refractivity contribution in [1.82, 2.24) is 0 Å². The molecule has 29 nitrogen and oxygen atoms in total. The second-order valence-corrected chi connectivity index (χ2v) is 28.1. The highest BCUT2D eigenvalue weighted by molar-refractivity contribution is 5.31. The molecule has 9 aliphatic rings. The van der Waals surface area contributed by atoms with Gasteiger partial charge in [-0.25, -0.2) is 0 Å². The normalized spacial score (nSPS) is 51.4. The molecule has 29 heteroatoms. The predicted octanol–water partition coefficient (Wildman–Crippen LogP) is -5.80. The van der Waals surface area contributed by atoms with Gasteiger partial charge in [-0.2, -0.15) is 0 Å². The molecule has 4 aliphatic carbocycles. The van der Waals surface area contributed by atoms with Crippen LogP contribution in [0.1, 0.15) is 99.8 Å². The molecule has 0 bridgehead atoms. The molecular formula is C59H100O29. The van der Waals surface area contributed by atoms with Crippen molar-refractivity contribution in [2.45, 2.75) is 277 Å². The van der Waals surface area contributed by atoms with Gasteiger partial charge in [0.25, 0.3) is 0 Å². The van der Waals surface area contributed by atoms with Crippen molar-refractivity contribution in [1.29, 1.82) is 0 Å². The van der Waals surface area contributed by atoms with Crippen molar-refractivity contribution in [3.05, 3.63) is 11.6 Å². The number of fused-ring (bicyclic) bond motifs is 5. The van der Waals surface area contributed by atoms with Gasteiger partial charge in [0.05, 0.1) is 56.9 Å². The van der Waals surface area contributed by atoms with Crippen LogP contribution in [-0.4, -0.2) is 308 Å². The summed E-state index contributed by atoms with van der Waals surface area (Å²) in [7, 11) is 0. The first kappa shape index (κ1) is 70.9. The summed E-state index contributed by atoms with van der Waals surface area (Å²) in [6.45, 7) is 10.3. The molecule has 0 aromatic carbocycles. The number of allylic oxidation sites excluding steroid dienone is 1. The molecule has 0 aromatic heterocycles. The summed E-state index contributed by atoms with van der Waals surface area (Å²) >= 11 is 0. The van der Waals surface area contributed by atoms with Crippen LogP contribution in [0.5, 0.6) is 0 Å². The minimum Gasteiger partial charge on any atom is -0.394 e. The lowest BCUT2D eigenvalue weighted by Crippen LogP contribution is -2.65. The quantitative estimate of drug-likeness (QED) is 0.0505. The van der Waals surface area contributed by atoms with Gasteiger partial charge in [0, 0.05) is 10.8 Å². The Hall–Kier alpha value is -1.42. The summed E-state index contributed by atoms with van der Waals surface area (Å²) in [6.07, 6.45) is -37.1. The Bertz CT molecular complexity index is 2290. The highest BCUT2D eigenvalue weighted by Gasteiger charge is 2.67. The maximum atomic E-state index is 12.7. The van der Waals surface area contributed by atoms with E-state index in [0.29, 0.717) is 32.1 Å². The molecule has 510 valence electrons. The minimum atomic E-state index is -1.95. The van der Waals surface area contributed by atoms with E-state index in [1.54, 1.807) is 0 Å². The van der Waals surface area contributed by atoms with Crippen molar-refractivity contribution in [3.63, 3.8) is 0 Å². The van der Waals surface area contributed by atoms with E-state index >= 15 is 0 Å². The zero-order valence-corrected chi connectivity index (χ0v) is 50.9. The van der Waals surface area contributed by atoms with E-state index in [4.69, 9.17) is 47.4 Å². The lowest BCUT2D eigenvalue weighted by Gasteiger charge is -2.64. The zero-order valence-electron chi connectivity index (χ0n) is 50.9. The summed E-state index contributed by atoms with van der Waals surface area (Å²) in [6, 6.07) is 0. The van der Waals surface area contributed by atoms with Gasteiger partial charge >= 0.3 is 0 Å². The summed E-state index contributed by atoms with van der Waals surface area (Å²) in [5, 5.41) is 205. The molecule has 5 aliphatic heterocycles. The van der Waals surface area contributed by atoms with Gasteiger partial charge in [0.1, 0.15) is 122 Å². The Morgan fingerprint density at radius 1 is 0.534 bits per heavy atom. The Morgan fingerprint density at radius 2 is 0.977 bits per heavy atom. The Kier molecular flexibility index (Phi) is 22.3. The largest absolute Gasteiger partial charge is 0.394 e. The highest BCUT2D eigenvalue weighted by atomic mass is 16.8. The summed E-state index contributed by atoms with van der Waals surface area (Å²) in [5.74, 6) is 0.202. The second kappa shape index (κ2) is 27.7. The van der Waals surface area contributed by atoms with Gasteiger partial charge in [0.2, 0.25) is 0 Å². The lowest BCUT2D eigenvalue weighted by molar-refractivity contribution is -0.380. The molecule has 0 amide bonds. The number of ether oxygens (including phenoxy) is 10. The molecule has 5 saturated heterocycles. The number of rotatable bonds is 20.